The lowest BCUT2D eigenvalue weighted by atomic mass is 9.98. The van der Waals surface area contributed by atoms with Crippen LogP contribution in [0.25, 0.3) is 0 Å². The third-order valence-electron chi connectivity index (χ3n) is 2.12. The standard InChI is InChI=1S/C6H13O9P/c7-3-1-14-6(10,5(9)4(3)8)2-15-16(11,12)13/h3-5,7-10H,1-2H2,(H2,11,12,13). The fourth-order valence-corrected chi connectivity index (χ4v) is 1.55. The van der Waals surface area contributed by atoms with Crippen molar-refractivity contribution in [3.05, 3.63) is 0 Å². The van der Waals surface area contributed by atoms with Crippen molar-refractivity contribution in [1.29, 1.82) is 0 Å². The Morgan fingerprint density at radius 2 is 1.94 bits per heavy atom. The molecule has 1 heterocycles. The summed E-state index contributed by atoms with van der Waals surface area (Å²) in [6.07, 6.45) is -5.03. The Hall–Kier alpha value is -0.0900. The van der Waals surface area contributed by atoms with E-state index in [0.29, 0.717) is 0 Å². The lowest BCUT2D eigenvalue weighted by molar-refractivity contribution is -0.329. The molecule has 4 unspecified atom stereocenters. The first-order valence-electron chi connectivity index (χ1n) is 4.26. The average Bonchev–Trinajstić information content (AvgIpc) is 2.18. The molecule has 96 valence electrons. The van der Waals surface area contributed by atoms with Gasteiger partial charge in [-0.3, -0.25) is 4.52 Å². The van der Waals surface area contributed by atoms with Crippen LogP contribution in [0.3, 0.4) is 0 Å². The monoisotopic (exact) mass is 260 g/mol. The van der Waals surface area contributed by atoms with Gasteiger partial charge >= 0.3 is 7.82 Å². The number of aliphatic hydroxyl groups is 4. The summed E-state index contributed by atoms with van der Waals surface area (Å²) in [5.41, 5.74) is 0. The van der Waals surface area contributed by atoms with Gasteiger partial charge in [-0.2, -0.15) is 0 Å². The highest BCUT2D eigenvalue weighted by Gasteiger charge is 2.49. The number of ether oxygens (including phenoxy) is 1. The van der Waals surface area contributed by atoms with Gasteiger partial charge in [0.15, 0.2) is 0 Å². The molecule has 0 saturated carbocycles. The predicted octanol–water partition coefficient (Wildman–Crippen LogP) is -3.10. The van der Waals surface area contributed by atoms with Crippen LogP contribution in [0.15, 0.2) is 0 Å². The Bertz CT molecular complexity index is 290. The summed E-state index contributed by atoms with van der Waals surface area (Å²) < 4.78 is 18.9. The number of phosphoric acid groups is 1. The van der Waals surface area contributed by atoms with Crippen LogP contribution in [0, 0.1) is 0 Å². The first kappa shape index (κ1) is 14.0. The van der Waals surface area contributed by atoms with E-state index in [1.807, 2.05) is 0 Å². The molecule has 10 heteroatoms. The van der Waals surface area contributed by atoms with Gasteiger partial charge in [-0.05, 0) is 0 Å². The maximum absolute atomic E-state index is 10.4. The zero-order chi connectivity index (χ0) is 12.6. The lowest BCUT2D eigenvalue weighted by Gasteiger charge is -2.41. The van der Waals surface area contributed by atoms with Crippen LogP contribution in [0.5, 0.6) is 0 Å². The topological polar surface area (TPSA) is 157 Å². The van der Waals surface area contributed by atoms with E-state index >= 15 is 0 Å². The van der Waals surface area contributed by atoms with Gasteiger partial charge in [-0.15, -0.1) is 0 Å². The van der Waals surface area contributed by atoms with Gasteiger partial charge in [-0.1, -0.05) is 0 Å². The van der Waals surface area contributed by atoms with Crippen molar-refractivity contribution in [2.45, 2.75) is 24.1 Å². The quantitative estimate of drug-likeness (QED) is 0.289. The van der Waals surface area contributed by atoms with Gasteiger partial charge in [-0.25, -0.2) is 4.57 Å². The van der Waals surface area contributed by atoms with Gasteiger partial charge in [0.05, 0.1) is 6.61 Å². The second-order valence-electron chi connectivity index (χ2n) is 3.42. The van der Waals surface area contributed by atoms with Crippen LogP contribution >= 0.6 is 7.82 Å². The first-order chi connectivity index (χ1) is 7.16. The molecule has 0 bridgehead atoms. The molecule has 9 nitrogen and oxygen atoms in total. The third-order valence-corrected chi connectivity index (χ3v) is 2.59. The molecule has 16 heavy (non-hydrogen) atoms. The zero-order valence-corrected chi connectivity index (χ0v) is 8.90. The van der Waals surface area contributed by atoms with E-state index in [-0.39, 0.29) is 0 Å². The molecule has 1 aliphatic heterocycles. The molecule has 1 rings (SSSR count). The third kappa shape index (κ3) is 3.20. The summed E-state index contributed by atoms with van der Waals surface area (Å²) >= 11 is 0. The second-order valence-corrected chi connectivity index (χ2v) is 4.66. The molecule has 0 aromatic rings. The molecule has 0 radical (unpaired) electrons. The van der Waals surface area contributed by atoms with Crippen LogP contribution < -0.4 is 0 Å². The molecule has 6 N–H and O–H groups in total. The van der Waals surface area contributed by atoms with Crippen molar-refractivity contribution in [3.8, 4) is 0 Å². The summed E-state index contributed by atoms with van der Waals surface area (Å²) in [6, 6.07) is 0. The zero-order valence-electron chi connectivity index (χ0n) is 8.00. The highest BCUT2D eigenvalue weighted by molar-refractivity contribution is 7.46. The van der Waals surface area contributed by atoms with Crippen LogP contribution in [0.1, 0.15) is 0 Å². The van der Waals surface area contributed by atoms with Gasteiger partial charge in [0.25, 0.3) is 0 Å². The average molecular weight is 260 g/mol. The Morgan fingerprint density at radius 1 is 1.38 bits per heavy atom. The van der Waals surface area contributed by atoms with E-state index in [0.717, 1.165) is 0 Å². The Balaban J connectivity index is 2.66. The van der Waals surface area contributed by atoms with Crippen molar-refractivity contribution < 1.29 is 44.0 Å². The smallest absolute Gasteiger partial charge is 0.388 e. The van der Waals surface area contributed by atoms with E-state index in [9.17, 15) is 19.9 Å². The lowest BCUT2D eigenvalue weighted by Crippen LogP contribution is -2.62. The molecule has 0 aliphatic carbocycles. The largest absolute Gasteiger partial charge is 0.469 e. The van der Waals surface area contributed by atoms with Crippen LogP contribution in [-0.4, -0.2) is 67.5 Å². The van der Waals surface area contributed by atoms with Crippen molar-refractivity contribution in [2.24, 2.45) is 0 Å². The molecular weight excluding hydrogens is 247 g/mol. The Kier molecular flexibility index (Phi) is 4.06. The first-order valence-corrected chi connectivity index (χ1v) is 5.79. The number of phosphoric ester groups is 1. The molecule has 4 atom stereocenters. The van der Waals surface area contributed by atoms with Crippen LogP contribution in [-0.2, 0) is 13.8 Å². The number of aliphatic hydroxyl groups excluding tert-OH is 3. The highest BCUT2D eigenvalue weighted by Crippen LogP contribution is 2.38. The number of hydrogen-bond acceptors (Lipinski definition) is 7. The summed E-state index contributed by atoms with van der Waals surface area (Å²) in [5, 5.41) is 37.2. The van der Waals surface area contributed by atoms with E-state index in [1.165, 1.54) is 0 Å². The van der Waals surface area contributed by atoms with E-state index in [2.05, 4.69) is 9.26 Å². The summed E-state index contributed by atoms with van der Waals surface area (Å²) in [4.78, 5) is 16.8. The van der Waals surface area contributed by atoms with Crippen molar-refractivity contribution in [3.63, 3.8) is 0 Å². The van der Waals surface area contributed by atoms with E-state index < -0.39 is 45.1 Å². The maximum atomic E-state index is 10.4. The van der Waals surface area contributed by atoms with Gasteiger partial charge in [0.2, 0.25) is 5.79 Å². The van der Waals surface area contributed by atoms with Gasteiger partial charge < -0.3 is 34.9 Å². The Morgan fingerprint density at radius 3 is 2.44 bits per heavy atom. The minimum absolute atomic E-state index is 0.501. The van der Waals surface area contributed by atoms with E-state index in [1.54, 1.807) is 0 Å². The van der Waals surface area contributed by atoms with Crippen LogP contribution in [0.2, 0.25) is 0 Å². The Labute approximate surface area is 90.1 Å². The van der Waals surface area contributed by atoms with Crippen molar-refractivity contribution in [1.82, 2.24) is 0 Å². The molecule has 0 aromatic heterocycles. The van der Waals surface area contributed by atoms with E-state index in [4.69, 9.17) is 14.9 Å². The molecule has 0 amide bonds. The predicted molar refractivity (Wildman–Crippen MR) is 46.9 cm³/mol. The van der Waals surface area contributed by atoms with Crippen LogP contribution in [0.4, 0.5) is 0 Å². The summed E-state index contributed by atoms with van der Waals surface area (Å²) in [6.45, 7) is -1.54. The SMILES string of the molecule is O=P(O)(O)OCC1(O)OCC(O)C(O)C1O. The minimum Gasteiger partial charge on any atom is -0.388 e. The van der Waals surface area contributed by atoms with Crippen molar-refractivity contribution in [2.75, 3.05) is 13.2 Å². The number of rotatable bonds is 3. The summed E-state index contributed by atoms with van der Waals surface area (Å²) in [7, 11) is -4.83. The van der Waals surface area contributed by atoms with Crippen molar-refractivity contribution >= 4 is 7.82 Å². The molecule has 0 aromatic carbocycles. The number of hydrogen-bond donors (Lipinski definition) is 6. The molecule has 1 fully saturated rings. The van der Waals surface area contributed by atoms with Gasteiger partial charge in [0.1, 0.15) is 24.9 Å². The fraction of sp³-hybridized carbons (Fsp3) is 1.00. The molecular formula is C6H13O9P. The maximum Gasteiger partial charge on any atom is 0.469 e. The summed E-state index contributed by atoms with van der Waals surface area (Å²) in [5.74, 6) is -2.47. The van der Waals surface area contributed by atoms with Gasteiger partial charge in [0, 0.05) is 0 Å². The molecule has 0 spiro atoms. The molecule has 1 aliphatic rings. The fourth-order valence-electron chi connectivity index (χ4n) is 1.19. The second kappa shape index (κ2) is 4.65. The molecule has 1 saturated heterocycles. The highest BCUT2D eigenvalue weighted by atomic mass is 31.2. The normalized spacial score (nSPS) is 41.0. The minimum atomic E-state index is -4.83.